The number of ether oxygens (including phenoxy) is 1. The summed E-state index contributed by atoms with van der Waals surface area (Å²) >= 11 is 0. The molecule has 7 heteroatoms. The predicted molar refractivity (Wildman–Crippen MR) is 119 cm³/mol. The summed E-state index contributed by atoms with van der Waals surface area (Å²) in [5.41, 5.74) is 4.36. The maximum Gasteiger partial charge on any atom is 0.280 e. The van der Waals surface area contributed by atoms with Gasteiger partial charge in [-0.05, 0) is 73.4 Å². The minimum Gasteiger partial charge on any atom is -0.493 e. The minimum atomic E-state index is -0.206. The number of aliphatic hydroxyl groups excluding tert-OH is 1. The molecule has 2 aliphatic rings. The quantitative estimate of drug-likeness (QED) is 0.756. The number of carbonyl (C=O) groups excluding carboxylic acids is 2. The summed E-state index contributed by atoms with van der Waals surface area (Å²) in [4.78, 5) is 26.8. The van der Waals surface area contributed by atoms with Crippen molar-refractivity contribution in [3.8, 4) is 5.75 Å². The van der Waals surface area contributed by atoms with E-state index in [4.69, 9.17) is 9.84 Å². The lowest BCUT2D eigenvalue weighted by Crippen LogP contribution is -2.29. The van der Waals surface area contributed by atoms with E-state index in [9.17, 15) is 9.59 Å². The van der Waals surface area contributed by atoms with Crippen molar-refractivity contribution in [3.63, 3.8) is 0 Å². The average molecular weight is 419 g/mol. The molecule has 1 N–H and O–H groups in total. The van der Waals surface area contributed by atoms with Gasteiger partial charge in [-0.3, -0.25) is 9.59 Å². The zero-order chi connectivity index (χ0) is 22.0. The highest BCUT2D eigenvalue weighted by molar-refractivity contribution is 6.32. The second-order valence-corrected chi connectivity index (χ2v) is 7.68. The topological polar surface area (TPSA) is 82.4 Å². The van der Waals surface area contributed by atoms with E-state index < -0.39 is 0 Å². The van der Waals surface area contributed by atoms with Gasteiger partial charge in [-0.2, -0.15) is 10.1 Å². The van der Waals surface area contributed by atoms with E-state index >= 15 is 0 Å². The van der Waals surface area contributed by atoms with Crippen LogP contribution in [0.25, 0.3) is 6.08 Å². The van der Waals surface area contributed by atoms with Gasteiger partial charge in [0.25, 0.3) is 11.8 Å². The van der Waals surface area contributed by atoms with Crippen LogP contribution in [0.1, 0.15) is 34.8 Å². The van der Waals surface area contributed by atoms with Gasteiger partial charge in [0.1, 0.15) is 5.75 Å². The summed E-state index contributed by atoms with van der Waals surface area (Å²) in [6.45, 7) is 2.72. The lowest BCUT2D eigenvalue weighted by molar-refractivity contribution is -0.114. The Balaban J connectivity index is 1.54. The summed E-state index contributed by atoms with van der Waals surface area (Å²) in [6, 6.07) is 12.7. The van der Waals surface area contributed by atoms with Crippen LogP contribution >= 0.6 is 0 Å². The van der Waals surface area contributed by atoms with Gasteiger partial charge in [-0.25, -0.2) is 0 Å². The summed E-state index contributed by atoms with van der Waals surface area (Å²) in [6.07, 6.45) is 3.82. The van der Waals surface area contributed by atoms with Crippen LogP contribution in [0, 0.1) is 0 Å². The molecule has 0 radical (unpaired) electrons. The molecule has 160 valence electrons. The molecular formula is C24H25N3O4. The van der Waals surface area contributed by atoms with E-state index in [-0.39, 0.29) is 25.0 Å². The summed E-state index contributed by atoms with van der Waals surface area (Å²) in [7, 11) is 1.63. The number of likely N-dealkylation sites (N-methyl/N-ethyl adjacent to an activating group) is 1. The monoisotopic (exact) mass is 419 g/mol. The number of anilines is 1. The van der Waals surface area contributed by atoms with Crippen LogP contribution in [0.5, 0.6) is 5.75 Å². The molecule has 0 atom stereocenters. The summed E-state index contributed by atoms with van der Waals surface area (Å²) in [5, 5.41) is 14.8. The molecule has 0 spiro atoms. The predicted octanol–water partition coefficient (Wildman–Crippen LogP) is 2.88. The molecule has 0 aromatic heterocycles. The van der Waals surface area contributed by atoms with E-state index in [1.54, 1.807) is 31.3 Å². The largest absolute Gasteiger partial charge is 0.493 e. The third-order valence-electron chi connectivity index (χ3n) is 5.45. The van der Waals surface area contributed by atoms with Crippen molar-refractivity contribution in [2.24, 2.45) is 5.10 Å². The first kappa shape index (κ1) is 20.8. The number of aryl methyl sites for hydroxylation is 1. The molecule has 2 heterocycles. The van der Waals surface area contributed by atoms with E-state index in [0.717, 1.165) is 36.3 Å². The molecule has 2 aromatic rings. The maximum atomic E-state index is 13.0. The van der Waals surface area contributed by atoms with Crippen molar-refractivity contribution < 1.29 is 19.4 Å². The normalized spacial score (nSPS) is 16.7. The number of benzene rings is 2. The lowest BCUT2D eigenvalue weighted by Gasteiger charge is -2.17. The van der Waals surface area contributed by atoms with Crippen molar-refractivity contribution in [1.29, 1.82) is 0 Å². The number of carbonyl (C=O) groups is 2. The number of fused-ring (bicyclic) bond motifs is 1. The smallest absolute Gasteiger partial charge is 0.280 e. The van der Waals surface area contributed by atoms with Gasteiger partial charge in [-0.1, -0.05) is 6.07 Å². The van der Waals surface area contributed by atoms with E-state index in [1.807, 2.05) is 25.1 Å². The van der Waals surface area contributed by atoms with Gasteiger partial charge in [0.2, 0.25) is 0 Å². The number of rotatable bonds is 5. The fraction of sp³-hybridized carbons (Fsp3) is 0.292. The molecule has 0 unspecified atom stereocenters. The van der Waals surface area contributed by atoms with E-state index in [1.165, 1.54) is 9.91 Å². The lowest BCUT2D eigenvalue weighted by atomic mass is 10.0. The third kappa shape index (κ3) is 4.22. The van der Waals surface area contributed by atoms with Crippen molar-refractivity contribution in [3.05, 3.63) is 64.7 Å². The van der Waals surface area contributed by atoms with Crippen LogP contribution in [0.15, 0.2) is 53.1 Å². The Morgan fingerprint density at radius 3 is 2.77 bits per heavy atom. The number of amides is 2. The van der Waals surface area contributed by atoms with Gasteiger partial charge < -0.3 is 14.7 Å². The Labute approximate surface area is 181 Å². The Morgan fingerprint density at radius 2 is 2.03 bits per heavy atom. The highest BCUT2D eigenvalue weighted by atomic mass is 16.5. The zero-order valence-corrected chi connectivity index (χ0v) is 17.7. The Morgan fingerprint density at radius 1 is 1.26 bits per heavy atom. The molecular weight excluding hydrogens is 394 g/mol. The van der Waals surface area contributed by atoms with Crippen LogP contribution in [-0.2, 0) is 11.2 Å². The SMILES string of the molecule is CC1=NN(c2ccc(C(=O)N(C)CCO)cc2)C(=O)/C1=C\c1ccc2c(c1)CCCO2. The average Bonchev–Trinajstić information content (AvgIpc) is 3.07. The first-order valence-electron chi connectivity index (χ1n) is 10.3. The fourth-order valence-electron chi connectivity index (χ4n) is 3.71. The molecule has 2 aliphatic heterocycles. The third-order valence-corrected chi connectivity index (χ3v) is 5.45. The van der Waals surface area contributed by atoms with Crippen LogP contribution in [-0.4, -0.2) is 54.3 Å². The van der Waals surface area contributed by atoms with Crippen LogP contribution in [0.4, 0.5) is 5.69 Å². The number of nitrogens with zero attached hydrogens (tertiary/aromatic N) is 3. The van der Waals surface area contributed by atoms with Gasteiger partial charge in [-0.15, -0.1) is 0 Å². The standard InChI is InChI=1S/C24H25N3O4/c1-16-21(15-17-5-10-22-19(14-17)4-3-13-31-22)24(30)27(25-16)20-8-6-18(7-9-20)23(29)26(2)11-12-28/h5-10,14-15,28H,3-4,11-13H2,1-2H3/b21-15-. The molecule has 7 nitrogen and oxygen atoms in total. The van der Waals surface area contributed by atoms with Crippen LogP contribution < -0.4 is 9.75 Å². The molecule has 2 aromatic carbocycles. The molecule has 0 saturated carbocycles. The minimum absolute atomic E-state index is 0.0943. The first-order chi connectivity index (χ1) is 15.0. The van der Waals surface area contributed by atoms with Gasteiger partial charge in [0.05, 0.1) is 30.2 Å². The van der Waals surface area contributed by atoms with Gasteiger partial charge in [0.15, 0.2) is 0 Å². The maximum absolute atomic E-state index is 13.0. The summed E-state index contributed by atoms with van der Waals surface area (Å²) in [5.74, 6) is 0.519. The number of hydrogen-bond acceptors (Lipinski definition) is 5. The Hall–Kier alpha value is -3.45. The number of hydrogen-bond donors (Lipinski definition) is 1. The van der Waals surface area contributed by atoms with Crippen LogP contribution in [0.3, 0.4) is 0 Å². The molecule has 31 heavy (non-hydrogen) atoms. The second kappa shape index (κ2) is 8.73. The molecule has 2 amide bonds. The molecule has 4 rings (SSSR count). The van der Waals surface area contributed by atoms with Crippen molar-refractivity contribution >= 4 is 29.3 Å². The first-order valence-corrected chi connectivity index (χ1v) is 10.3. The summed E-state index contributed by atoms with van der Waals surface area (Å²) < 4.78 is 5.66. The number of aliphatic hydroxyl groups is 1. The highest BCUT2D eigenvalue weighted by Gasteiger charge is 2.29. The second-order valence-electron chi connectivity index (χ2n) is 7.68. The van der Waals surface area contributed by atoms with Crippen molar-refractivity contribution in [1.82, 2.24) is 4.90 Å². The molecule has 0 fully saturated rings. The van der Waals surface area contributed by atoms with E-state index in [2.05, 4.69) is 11.2 Å². The van der Waals surface area contributed by atoms with Gasteiger partial charge in [0, 0.05) is 19.2 Å². The Kier molecular flexibility index (Phi) is 5.86. The number of hydrazone groups is 1. The van der Waals surface area contributed by atoms with Gasteiger partial charge >= 0.3 is 0 Å². The van der Waals surface area contributed by atoms with Crippen molar-refractivity contribution in [2.45, 2.75) is 19.8 Å². The fourth-order valence-corrected chi connectivity index (χ4v) is 3.71. The zero-order valence-electron chi connectivity index (χ0n) is 17.7. The van der Waals surface area contributed by atoms with Crippen molar-refractivity contribution in [2.75, 3.05) is 31.8 Å². The highest BCUT2D eigenvalue weighted by Crippen LogP contribution is 2.29. The molecule has 0 saturated heterocycles. The Bertz CT molecular complexity index is 1070. The molecule has 0 bridgehead atoms. The van der Waals surface area contributed by atoms with Crippen LogP contribution in [0.2, 0.25) is 0 Å². The van der Waals surface area contributed by atoms with E-state index in [0.29, 0.717) is 22.5 Å². The molecule has 0 aliphatic carbocycles.